The fourth-order valence-electron chi connectivity index (χ4n) is 3.48. The molecule has 0 aliphatic rings. The van der Waals surface area contributed by atoms with Gasteiger partial charge >= 0.3 is 0 Å². The summed E-state index contributed by atoms with van der Waals surface area (Å²) in [4.78, 5) is 5.70. The molecule has 1 atom stereocenters. The first-order valence-electron chi connectivity index (χ1n) is 9.06. The van der Waals surface area contributed by atoms with Crippen molar-refractivity contribution >= 4 is 32.3 Å². The summed E-state index contributed by atoms with van der Waals surface area (Å²) in [5.41, 5.74) is 9.56. The maximum atomic E-state index is 10.7. The number of pyridine rings is 1. The molecule has 0 aliphatic carbocycles. The third-order valence-electron chi connectivity index (χ3n) is 5.04. The van der Waals surface area contributed by atoms with Crippen molar-refractivity contribution in [2.24, 2.45) is 5.73 Å². The van der Waals surface area contributed by atoms with Crippen LogP contribution in [0.3, 0.4) is 0 Å². The van der Waals surface area contributed by atoms with Crippen molar-refractivity contribution in [1.29, 1.82) is 0 Å². The predicted molar refractivity (Wildman–Crippen MR) is 112 cm³/mol. The van der Waals surface area contributed by atoms with Crippen LogP contribution in [0.1, 0.15) is 23.3 Å². The van der Waals surface area contributed by atoms with E-state index in [1.807, 2.05) is 24.4 Å². The van der Waals surface area contributed by atoms with Gasteiger partial charge in [0.1, 0.15) is 5.75 Å². The van der Waals surface area contributed by atoms with Crippen LogP contribution in [0.15, 0.2) is 48.7 Å². The zero-order valence-electron chi connectivity index (χ0n) is 15.1. The number of fused-ring (bicyclic) bond motifs is 3. The Morgan fingerprint density at radius 3 is 2.63 bits per heavy atom. The molecule has 4 rings (SSSR count). The van der Waals surface area contributed by atoms with Crippen molar-refractivity contribution in [3.05, 3.63) is 59.1 Å². The summed E-state index contributed by atoms with van der Waals surface area (Å²) in [7, 11) is 0. The van der Waals surface area contributed by atoms with Gasteiger partial charge in [-0.25, -0.2) is 0 Å². The van der Waals surface area contributed by atoms with E-state index in [-0.39, 0.29) is 12.4 Å². The van der Waals surface area contributed by atoms with Crippen molar-refractivity contribution in [2.75, 3.05) is 13.2 Å². The average Bonchev–Trinajstić information content (AvgIpc) is 3.10. The Labute approximate surface area is 161 Å². The highest BCUT2D eigenvalue weighted by Gasteiger charge is 2.15. The molecule has 0 aliphatic heterocycles. The number of phenolic OH excluding ortho intramolecular Hbond substituents is 1. The molecule has 0 bridgehead atoms. The van der Waals surface area contributed by atoms with Gasteiger partial charge in [0.25, 0.3) is 0 Å². The molecular formula is C22H22N2O2S. The first kappa shape index (κ1) is 17.9. The van der Waals surface area contributed by atoms with E-state index in [2.05, 4.69) is 30.1 Å². The number of nitrogens with two attached hydrogens (primary N) is 1. The van der Waals surface area contributed by atoms with Crippen LogP contribution >= 0.6 is 11.3 Å². The molecule has 2 heterocycles. The minimum atomic E-state index is 0.122. The third-order valence-corrected chi connectivity index (χ3v) is 6.17. The van der Waals surface area contributed by atoms with Crippen LogP contribution in [0.4, 0.5) is 0 Å². The molecule has 0 radical (unpaired) electrons. The van der Waals surface area contributed by atoms with Crippen LogP contribution < -0.4 is 5.73 Å². The maximum absolute atomic E-state index is 10.7. The number of rotatable bonds is 5. The lowest BCUT2D eigenvalue weighted by molar-refractivity contribution is 0.300. The molecule has 4 aromatic rings. The minimum Gasteiger partial charge on any atom is -0.507 e. The predicted octanol–water partition coefficient (Wildman–Crippen LogP) is 4.42. The second kappa shape index (κ2) is 7.27. The summed E-state index contributed by atoms with van der Waals surface area (Å²) < 4.78 is 1.06. The average molecular weight is 378 g/mol. The van der Waals surface area contributed by atoms with E-state index in [9.17, 15) is 10.2 Å². The van der Waals surface area contributed by atoms with Gasteiger partial charge in [0.15, 0.2) is 0 Å². The Morgan fingerprint density at radius 1 is 1.15 bits per heavy atom. The van der Waals surface area contributed by atoms with E-state index in [4.69, 9.17) is 5.73 Å². The first-order chi connectivity index (χ1) is 13.1. The van der Waals surface area contributed by atoms with Gasteiger partial charge in [-0.05, 0) is 41.8 Å². The van der Waals surface area contributed by atoms with Crippen LogP contribution in [0, 0.1) is 0 Å². The summed E-state index contributed by atoms with van der Waals surface area (Å²) in [5, 5.41) is 22.0. The van der Waals surface area contributed by atoms with E-state index in [1.54, 1.807) is 17.4 Å². The molecule has 0 spiro atoms. The third kappa shape index (κ3) is 3.18. The second-order valence-corrected chi connectivity index (χ2v) is 8.00. The summed E-state index contributed by atoms with van der Waals surface area (Å²) in [5.74, 6) is 0.540. The lowest BCUT2D eigenvalue weighted by atomic mass is 9.94. The van der Waals surface area contributed by atoms with E-state index in [0.29, 0.717) is 18.9 Å². The van der Waals surface area contributed by atoms with Crippen molar-refractivity contribution < 1.29 is 10.2 Å². The smallest absolute Gasteiger partial charge is 0.124 e. The Morgan fingerprint density at radius 2 is 1.93 bits per heavy atom. The fourth-order valence-corrected chi connectivity index (χ4v) is 4.51. The minimum absolute atomic E-state index is 0.122. The molecule has 2 aromatic heterocycles. The van der Waals surface area contributed by atoms with Gasteiger partial charge in [0, 0.05) is 40.4 Å². The topological polar surface area (TPSA) is 79.4 Å². The van der Waals surface area contributed by atoms with Crippen molar-refractivity contribution in [3.63, 3.8) is 0 Å². The number of hydrogen-bond donors (Lipinski definition) is 3. The number of thiophene rings is 1. The molecule has 0 saturated heterocycles. The highest BCUT2D eigenvalue weighted by atomic mass is 32.1. The SMILES string of the molecule is CC(CN)c1ccc(-c2c(O)ccc3ncc4sc(CCO)cc4c23)cc1. The summed E-state index contributed by atoms with van der Waals surface area (Å²) in [6.45, 7) is 2.83. The van der Waals surface area contributed by atoms with Gasteiger partial charge in [0.2, 0.25) is 0 Å². The van der Waals surface area contributed by atoms with Gasteiger partial charge in [0.05, 0.1) is 10.2 Å². The zero-order chi connectivity index (χ0) is 19.0. The molecule has 27 heavy (non-hydrogen) atoms. The molecule has 1 unspecified atom stereocenters. The fraction of sp³-hybridized carbons (Fsp3) is 0.227. The summed E-state index contributed by atoms with van der Waals surface area (Å²) in [6.07, 6.45) is 2.50. The van der Waals surface area contributed by atoms with Crippen LogP contribution in [0.2, 0.25) is 0 Å². The van der Waals surface area contributed by atoms with E-state index in [1.165, 1.54) is 5.56 Å². The lowest BCUT2D eigenvalue weighted by Crippen LogP contribution is -2.08. The Kier molecular flexibility index (Phi) is 4.83. The molecule has 2 aromatic carbocycles. The number of phenols is 1. The number of aliphatic hydroxyl groups excluding tert-OH is 1. The Bertz CT molecular complexity index is 1100. The van der Waals surface area contributed by atoms with Crippen LogP contribution in [-0.2, 0) is 6.42 Å². The highest BCUT2D eigenvalue weighted by molar-refractivity contribution is 7.19. The summed E-state index contributed by atoms with van der Waals surface area (Å²) >= 11 is 1.64. The maximum Gasteiger partial charge on any atom is 0.124 e. The summed E-state index contributed by atoms with van der Waals surface area (Å²) in [6, 6.07) is 13.9. The molecule has 4 nitrogen and oxygen atoms in total. The normalized spacial score (nSPS) is 12.7. The molecule has 4 N–H and O–H groups in total. The second-order valence-electron chi connectivity index (χ2n) is 6.84. The molecular weight excluding hydrogens is 356 g/mol. The number of aromatic nitrogens is 1. The van der Waals surface area contributed by atoms with Crippen molar-refractivity contribution in [1.82, 2.24) is 4.98 Å². The van der Waals surface area contributed by atoms with E-state index in [0.717, 1.165) is 37.0 Å². The van der Waals surface area contributed by atoms with Crippen LogP contribution in [0.5, 0.6) is 5.75 Å². The quantitative estimate of drug-likeness (QED) is 0.480. The monoisotopic (exact) mass is 378 g/mol. The number of aromatic hydroxyl groups is 1. The van der Waals surface area contributed by atoms with Crippen molar-refractivity contribution in [2.45, 2.75) is 19.3 Å². The van der Waals surface area contributed by atoms with E-state index >= 15 is 0 Å². The van der Waals surface area contributed by atoms with Gasteiger partial charge in [-0.2, -0.15) is 0 Å². The number of aliphatic hydroxyl groups is 1. The first-order valence-corrected chi connectivity index (χ1v) is 9.88. The van der Waals surface area contributed by atoms with Gasteiger partial charge < -0.3 is 15.9 Å². The number of benzene rings is 2. The number of nitrogens with zero attached hydrogens (tertiary/aromatic N) is 1. The molecule has 5 heteroatoms. The molecule has 138 valence electrons. The molecule has 0 fully saturated rings. The molecule has 0 amide bonds. The van der Waals surface area contributed by atoms with Crippen molar-refractivity contribution in [3.8, 4) is 16.9 Å². The van der Waals surface area contributed by atoms with Crippen LogP contribution in [-0.4, -0.2) is 28.3 Å². The Hall–Kier alpha value is -2.47. The van der Waals surface area contributed by atoms with Gasteiger partial charge in [-0.3, -0.25) is 4.98 Å². The molecule has 0 saturated carbocycles. The number of hydrogen-bond acceptors (Lipinski definition) is 5. The van der Waals surface area contributed by atoms with Gasteiger partial charge in [-0.1, -0.05) is 31.2 Å². The lowest BCUT2D eigenvalue weighted by Gasteiger charge is -2.13. The largest absolute Gasteiger partial charge is 0.507 e. The highest BCUT2D eigenvalue weighted by Crippen LogP contribution is 2.41. The van der Waals surface area contributed by atoms with E-state index < -0.39 is 0 Å². The van der Waals surface area contributed by atoms with Gasteiger partial charge in [-0.15, -0.1) is 11.3 Å². The van der Waals surface area contributed by atoms with Crippen LogP contribution in [0.25, 0.3) is 32.1 Å². The zero-order valence-corrected chi connectivity index (χ0v) is 16.0. The standard InChI is InChI=1S/C22H22N2O2S/c1-13(11-23)14-2-4-15(5-3-14)21-19(26)7-6-18-22(21)17-10-16(8-9-25)27-20(17)12-24-18/h2-7,10,12-13,25-26H,8-9,11,23H2,1H3. The Balaban J connectivity index is 1.96.